The Morgan fingerprint density at radius 2 is 0.643 bits per heavy atom. The maximum absolute atomic E-state index is 2.53. The summed E-state index contributed by atoms with van der Waals surface area (Å²) in [6, 6.07) is 41.8. The fourth-order valence-corrected chi connectivity index (χ4v) is 8.98. The van der Waals surface area contributed by atoms with Gasteiger partial charge in [-0.1, -0.05) is 97.1 Å². The van der Waals surface area contributed by atoms with Gasteiger partial charge in [-0.3, -0.25) is 0 Å². The molecule has 0 nitrogen and oxygen atoms in total. The van der Waals surface area contributed by atoms with Crippen molar-refractivity contribution in [3.63, 3.8) is 0 Å². The van der Waals surface area contributed by atoms with Crippen LogP contribution in [-0.4, -0.2) is 0 Å². The molecule has 0 saturated heterocycles. The highest BCUT2D eigenvalue weighted by atomic mass is 14.4. The Morgan fingerprint density at radius 1 is 0.286 bits per heavy atom. The van der Waals surface area contributed by atoms with Crippen LogP contribution in [-0.2, 0) is 25.7 Å². The van der Waals surface area contributed by atoms with Crippen molar-refractivity contribution in [1.82, 2.24) is 0 Å². The summed E-state index contributed by atoms with van der Waals surface area (Å²) in [5.41, 5.74) is 23.9. The lowest BCUT2D eigenvalue weighted by Crippen LogP contribution is -1.93. The number of hydrogen-bond acceptors (Lipinski definition) is 0. The molecule has 0 bridgehead atoms. The zero-order chi connectivity index (χ0) is 27.1. The average molecular weight is 531 g/mol. The van der Waals surface area contributed by atoms with Gasteiger partial charge in [-0.05, 0) is 148 Å². The minimum absolute atomic E-state index is 1.03. The van der Waals surface area contributed by atoms with Gasteiger partial charge in [0.2, 0.25) is 0 Å². The molecule has 42 heavy (non-hydrogen) atoms. The number of rotatable bonds is 0. The van der Waals surface area contributed by atoms with Gasteiger partial charge in [0.05, 0.1) is 0 Å². The molecule has 0 saturated carbocycles. The molecular formula is C42H26. The monoisotopic (exact) mass is 530 g/mol. The Balaban J connectivity index is 1.01. The molecule has 7 aromatic carbocycles. The Morgan fingerprint density at radius 3 is 1.21 bits per heavy atom. The second-order valence-corrected chi connectivity index (χ2v) is 12.7. The minimum atomic E-state index is 1.03. The molecule has 0 fully saturated rings. The molecule has 4 aliphatic rings. The molecule has 0 aliphatic heterocycles. The summed E-state index contributed by atoms with van der Waals surface area (Å²) >= 11 is 0. The van der Waals surface area contributed by atoms with Gasteiger partial charge < -0.3 is 0 Å². The van der Waals surface area contributed by atoms with E-state index in [1.54, 1.807) is 22.3 Å². The lowest BCUT2D eigenvalue weighted by atomic mass is 9.95. The SMILES string of the molecule is c1ccc2c3c(ccc2c1)-c1cc2c(cc1C3)-c1ccc3c(c1C2)Cc1c-3ccc2c1Cc1c-2ccc2ccccc12. The van der Waals surface area contributed by atoms with Crippen LogP contribution in [0, 0.1) is 0 Å². The molecule has 11 rings (SSSR count). The number of hydrogen-bond donors (Lipinski definition) is 0. The van der Waals surface area contributed by atoms with Crippen molar-refractivity contribution in [3.8, 4) is 44.5 Å². The van der Waals surface area contributed by atoms with Crippen LogP contribution in [0.5, 0.6) is 0 Å². The highest BCUT2D eigenvalue weighted by molar-refractivity contribution is 5.99. The van der Waals surface area contributed by atoms with Gasteiger partial charge in [-0.25, -0.2) is 0 Å². The molecule has 0 atom stereocenters. The van der Waals surface area contributed by atoms with E-state index >= 15 is 0 Å². The Bertz CT molecular complexity index is 2400. The van der Waals surface area contributed by atoms with Gasteiger partial charge in [0.25, 0.3) is 0 Å². The van der Waals surface area contributed by atoms with E-state index in [9.17, 15) is 0 Å². The van der Waals surface area contributed by atoms with Crippen molar-refractivity contribution in [2.45, 2.75) is 25.7 Å². The standard InChI is InChI=1S/C42H26/c1-3-7-27-23(5-1)10-12-33-35-18-26-20-38-34(36(26)17-25(35)19-37(27)33)16-15-31-32-14-13-30-29-11-9-24-6-2-4-8-28(24)39(29)21-41(30)42(32)22-40(31)38/h1-18H,19-22H2. The zero-order valence-corrected chi connectivity index (χ0v) is 23.2. The van der Waals surface area contributed by atoms with Crippen molar-refractivity contribution in [3.05, 3.63) is 154 Å². The van der Waals surface area contributed by atoms with Gasteiger partial charge in [-0.15, -0.1) is 0 Å². The molecule has 0 radical (unpaired) electrons. The summed E-state index contributed by atoms with van der Waals surface area (Å²) in [6.07, 6.45) is 4.19. The second kappa shape index (κ2) is 7.46. The third-order valence-electron chi connectivity index (χ3n) is 10.9. The van der Waals surface area contributed by atoms with Gasteiger partial charge >= 0.3 is 0 Å². The molecule has 0 N–H and O–H groups in total. The van der Waals surface area contributed by atoms with E-state index in [4.69, 9.17) is 0 Å². The maximum Gasteiger partial charge on any atom is -0.000421 e. The van der Waals surface area contributed by atoms with Crippen LogP contribution >= 0.6 is 0 Å². The predicted octanol–water partition coefficient (Wildman–Crippen LogP) is 10.3. The van der Waals surface area contributed by atoms with E-state index in [1.807, 2.05) is 0 Å². The third kappa shape index (κ3) is 2.60. The maximum atomic E-state index is 2.53. The first-order chi connectivity index (χ1) is 20.8. The molecule has 4 aliphatic carbocycles. The summed E-state index contributed by atoms with van der Waals surface area (Å²) in [4.78, 5) is 0. The van der Waals surface area contributed by atoms with Crippen LogP contribution in [0.1, 0.15) is 44.5 Å². The third-order valence-corrected chi connectivity index (χ3v) is 10.9. The smallest absolute Gasteiger partial charge is 0.000421 e. The van der Waals surface area contributed by atoms with Crippen molar-refractivity contribution >= 4 is 21.5 Å². The normalized spacial score (nSPS) is 14.3. The molecular weight excluding hydrogens is 504 g/mol. The van der Waals surface area contributed by atoms with Crippen molar-refractivity contribution in [1.29, 1.82) is 0 Å². The zero-order valence-electron chi connectivity index (χ0n) is 23.2. The second-order valence-electron chi connectivity index (χ2n) is 12.7. The Kier molecular flexibility index (Phi) is 3.87. The summed E-state index contributed by atoms with van der Waals surface area (Å²) < 4.78 is 0. The number of fused-ring (bicyclic) bond motifs is 18. The first kappa shape index (κ1) is 21.8. The molecule has 7 aromatic rings. The lowest BCUT2D eigenvalue weighted by Gasteiger charge is -2.09. The van der Waals surface area contributed by atoms with Gasteiger partial charge in [-0.2, -0.15) is 0 Å². The summed E-state index contributed by atoms with van der Waals surface area (Å²) in [6.45, 7) is 0. The van der Waals surface area contributed by atoms with Crippen molar-refractivity contribution < 1.29 is 0 Å². The average Bonchev–Trinajstić information content (AvgIpc) is 3.79. The molecule has 0 unspecified atom stereocenters. The first-order valence-electron chi connectivity index (χ1n) is 15.3. The van der Waals surface area contributed by atoms with E-state index in [0.717, 1.165) is 25.7 Å². The van der Waals surface area contributed by atoms with E-state index in [2.05, 4.69) is 109 Å². The van der Waals surface area contributed by atoms with E-state index in [-0.39, 0.29) is 0 Å². The van der Waals surface area contributed by atoms with Crippen molar-refractivity contribution in [2.75, 3.05) is 0 Å². The molecule has 0 aromatic heterocycles. The van der Waals surface area contributed by atoms with Gasteiger partial charge in [0, 0.05) is 0 Å². The lowest BCUT2D eigenvalue weighted by molar-refractivity contribution is 1.13. The van der Waals surface area contributed by atoms with Gasteiger partial charge in [0.1, 0.15) is 0 Å². The van der Waals surface area contributed by atoms with Crippen LogP contribution < -0.4 is 0 Å². The van der Waals surface area contributed by atoms with E-state index in [0.29, 0.717) is 0 Å². The van der Waals surface area contributed by atoms with Crippen LogP contribution in [0.25, 0.3) is 66.1 Å². The molecule has 194 valence electrons. The highest BCUT2D eigenvalue weighted by Gasteiger charge is 2.33. The minimum Gasteiger partial charge on any atom is -0.0616 e. The summed E-state index contributed by atoms with van der Waals surface area (Å²) in [5.74, 6) is 0. The molecule has 0 amide bonds. The van der Waals surface area contributed by atoms with E-state index in [1.165, 1.54) is 88.3 Å². The van der Waals surface area contributed by atoms with Crippen LogP contribution in [0.15, 0.2) is 109 Å². The highest BCUT2D eigenvalue weighted by Crippen LogP contribution is 2.52. The summed E-state index contributed by atoms with van der Waals surface area (Å²) in [7, 11) is 0. The Labute approximate surface area is 244 Å². The largest absolute Gasteiger partial charge is 0.0616 e. The molecule has 0 heteroatoms. The van der Waals surface area contributed by atoms with Crippen molar-refractivity contribution in [2.24, 2.45) is 0 Å². The quantitative estimate of drug-likeness (QED) is 0.183. The Hall–Kier alpha value is -4.94. The van der Waals surface area contributed by atoms with E-state index < -0.39 is 0 Å². The predicted molar refractivity (Wildman–Crippen MR) is 174 cm³/mol. The molecule has 0 spiro atoms. The van der Waals surface area contributed by atoms with Gasteiger partial charge in [0.15, 0.2) is 0 Å². The van der Waals surface area contributed by atoms with Crippen LogP contribution in [0.4, 0.5) is 0 Å². The fraction of sp³-hybridized carbons (Fsp3) is 0.0952. The topological polar surface area (TPSA) is 0 Å². The first-order valence-corrected chi connectivity index (χ1v) is 15.3. The number of benzene rings is 7. The molecule has 0 heterocycles. The van der Waals surface area contributed by atoms with Crippen LogP contribution in [0.3, 0.4) is 0 Å². The fourth-order valence-electron chi connectivity index (χ4n) is 8.98. The summed E-state index contributed by atoms with van der Waals surface area (Å²) in [5, 5.41) is 5.52. The van der Waals surface area contributed by atoms with Crippen LogP contribution in [0.2, 0.25) is 0 Å².